The molecular weight excluding hydrogens is 231 g/mol. The Morgan fingerprint density at radius 2 is 1.82 bits per heavy atom. The Morgan fingerprint density at radius 1 is 1.18 bits per heavy atom. The average molecular weight is 245 g/mol. The second-order valence-electron chi connectivity index (χ2n) is 4.37. The molecule has 2 nitrogen and oxygen atoms in total. The minimum absolute atomic E-state index is 0.0351. The van der Waals surface area contributed by atoms with E-state index in [1.165, 1.54) is 0 Å². The van der Waals surface area contributed by atoms with Gasteiger partial charge >= 0.3 is 0 Å². The normalized spacial score (nSPS) is 17.2. The molecule has 17 heavy (non-hydrogen) atoms. The van der Waals surface area contributed by atoms with E-state index in [-0.39, 0.29) is 12.2 Å². The number of benzene rings is 1. The molecule has 94 valence electrons. The fourth-order valence-corrected chi connectivity index (χ4v) is 1.71. The van der Waals surface area contributed by atoms with Crippen LogP contribution in [0.1, 0.15) is 24.4 Å². The zero-order valence-corrected chi connectivity index (χ0v) is 9.22. The van der Waals surface area contributed by atoms with E-state index in [4.69, 9.17) is 5.11 Å². The Kier molecular flexibility index (Phi) is 3.69. The molecule has 0 aromatic heterocycles. The largest absolute Gasteiger partial charge is 0.394 e. The fraction of sp³-hybridized carbons (Fsp3) is 0.500. The summed E-state index contributed by atoms with van der Waals surface area (Å²) < 4.78 is 39.2. The van der Waals surface area contributed by atoms with Gasteiger partial charge in [0.1, 0.15) is 5.82 Å². The van der Waals surface area contributed by atoms with Gasteiger partial charge in [0, 0.05) is 11.6 Å². The first-order valence-corrected chi connectivity index (χ1v) is 5.60. The summed E-state index contributed by atoms with van der Waals surface area (Å²) >= 11 is 0. The molecule has 1 saturated carbocycles. The molecule has 2 rings (SSSR count). The van der Waals surface area contributed by atoms with Gasteiger partial charge in [-0.05, 0) is 31.4 Å². The van der Waals surface area contributed by atoms with Gasteiger partial charge in [-0.3, -0.25) is 0 Å². The van der Waals surface area contributed by atoms with Gasteiger partial charge in [-0.2, -0.15) is 0 Å². The second-order valence-corrected chi connectivity index (χ2v) is 4.37. The quantitative estimate of drug-likeness (QED) is 0.779. The SMILES string of the molecule is OCC(NCC1CC1)c1cc(F)c(F)cc1F. The van der Waals surface area contributed by atoms with E-state index in [1.54, 1.807) is 0 Å². The van der Waals surface area contributed by atoms with Gasteiger partial charge in [-0.25, -0.2) is 13.2 Å². The predicted molar refractivity (Wildman–Crippen MR) is 56.9 cm³/mol. The van der Waals surface area contributed by atoms with Gasteiger partial charge in [-0.15, -0.1) is 0 Å². The third-order valence-corrected chi connectivity index (χ3v) is 2.95. The topological polar surface area (TPSA) is 32.3 Å². The van der Waals surface area contributed by atoms with Gasteiger partial charge in [0.05, 0.1) is 12.6 Å². The van der Waals surface area contributed by atoms with Crippen LogP contribution in [0.3, 0.4) is 0 Å². The van der Waals surface area contributed by atoms with Crippen molar-refractivity contribution in [2.45, 2.75) is 18.9 Å². The number of aliphatic hydroxyl groups is 1. The minimum Gasteiger partial charge on any atom is -0.394 e. The summed E-state index contributed by atoms with van der Waals surface area (Å²) in [4.78, 5) is 0. The maximum absolute atomic E-state index is 13.4. The molecule has 0 amide bonds. The lowest BCUT2D eigenvalue weighted by molar-refractivity contribution is 0.240. The van der Waals surface area contributed by atoms with Crippen LogP contribution in [0.15, 0.2) is 12.1 Å². The van der Waals surface area contributed by atoms with E-state index in [0.717, 1.165) is 18.9 Å². The van der Waals surface area contributed by atoms with Gasteiger partial charge in [0.2, 0.25) is 0 Å². The van der Waals surface area contributed by atoms with Crippen LogP contribution in [0.4, 0.5) is 13.2 Å². The highest BCUT2D eigenvalue weighted by Crippen LogP contribution is 2.29. The van der Waals surface area contributed by atoms with Crippen molar-refractivity contribution in [3.8, 4) is 0 Å². The predicted octanol–water partition coefficient (Wildman–Crippen LogP) is 2.14. The van der Waals surface area contributed by atoms with Gasteiger partial charge in [-0.1, -0.05) is 0 Å². The van der Waals surface area contributed by atoms with Crippen LogP contribution < -0.4 is 5.32 Å². The Hall–Kier alpha value is -1.07. The second kappa shape index (κ2) is 5.06. The molecule has 0 radical (unpaired) electrons. The standard InChI is InChI=1S/C12H14F3NO/c13-9-4-11(15)10(14)3-8(9)12(6-17)16-5-7-1-2-7/h3-4,7,12,16-17H,1-2,5-6H2. The number of hydrogen-bond donors (Lipinski definition) is 2. The van der Waals surface area contributed by atoms with Gasteiger partial charge < -0.3 is 10.4 Å². The van der Waals surface area contributed by atoms with Gasteiger partial charge in [0.15, 0.2) is 11.6 Å². The summed E-state index contributed by atoms with van der Waals surface area (Å²) in [6, 6.07) is 0.614. The van der Waals surface area contributed by atoms with Crippen LogP contribution in [-0.4, -0.2) is 18.3 Å². The maximum atomic E-state index is 13.4. The molecule has 1 fully saturated rings. The van der Waals surface area contributed by atoms with Gasteiger partial charge in [0.25, 0.3) is 0 Å². The Bertz CT molecular complexity index is 407. The molecule has 5 heteroatoms. The zero-order chi connectivity index (χ0) is 12.4. The van der Waals surface area contributed by atoms with Crippen LogP contribution in [-0.2, 0) is 0 Å². The van der Waals surface area contributed by atoms with Crippen LogP contribution in [0.2, 0.25) is 0 Å². The summed E-state index contributed by atoms with van der Waals surface area (Å²) in [5.41, 5.74) is -0.0351. The van der Waals surface area contributed by atoms with Crippen molar-refractivity contribution in [1.29, 1.82) is 0 Å². The maximum Gasteiger partial charge on any atom is 0.161 e. The van der Waals surface area contributed by atoms with E-state index in [1.807, 2.05) is 0 Å². The minimum atomic E-state index is -1.22. The zero-order valence-electron chi connectivity index (χ0n) is 9.22. The third kappa shape index (κ3) is 2.98. The Morgan fingerprint density at radius 3 is 2.41 bits per heavy atom. The molecule has 1 atom stereocenters. The van der Waals surface area contributed by atoms with Crippen molar-refractivity contribution >= 4 is 0 Å². The first kappa shape index (κ1) is 12.4. The van der Waals surface area contributed by atoms with Crippen LogP contribution >= 0.6 is 0 Å². The number of halogens is 3. The molecular formula is C12H14F3NO. The molecule has 1 aromatic rings. The summed E-state index contributed by atoms with van der Waals surface area (Å²) in [5, 5.41) is 12.1. The van der Waals surface area contributed by atoms with Crippen molar-refractivity contribution in [3.63, 3.8) is 0 Å². The van der Waals surface area contributed by atoms with Crippen molar-refractivity contribution in [2.75, 3.05) is 13.2 Å². The number of nitrogens with one attached hydrogen (secondary N) is 1. The average Bonchev–Trinajstić information content (AvgIpc) is 3.09. The molecule has 0 bridgehead atoms. The number of aliphatic hydroxyl groups excluding tert-OH is 1. The van der Waals surface area contributed by atoms with Crippen molar-refractivity contribution < 1.29 is 18.3 Å². The van der Waals surface area contributed by atoms with Crippen LogP contribution in [0.5, 0.6) is 0 Å². The lowest BCUT2D eigenvalue weighted by Crippen LogP contribution is -2.27. The molecule has 0 aliphatic heterocycles. The van der Waals surface area contributed by atoms with E-state index in [2.05, 4.69) is 5.32 Å². The monoisotopic (exact) mass is 245 g/mol. The number of rotatable bonds is 5. The van der Waals surface area contributed by atoms with E-state index in [0.29, 0.717) is 18.5 Å². The first-order valence-electron chi connectivity index (χ1n) is 5.60. The fourth-order valence-electron chi connectivity index (χ4n) is 1.71. The van der Waals surface area contributed by atoms with E-state index < -0.39 is 23.5 Å². The van der Waals surface area contributed by atoms with E-state index in [9.17, 15) is 13.2 Å². The summed E-state index contributed by atoms with van der Waals surface area (Å²) in [6.45, 7) is 0.304. The summed E-state index contributed by atoms with van der Waals surface area (Å²) in [7, 11) is 0. The third-order valence-electron chi connectivity index (χ3n) is 2.95. The van der Waals surface area contributed by atoms with Crippen molar-refractivity contribution in [3.05, 3.63) is 35.1 Å². The molecule has 1 aliphatic carbocycles. The summed E-state index contributed by atoms with van der Waals surface area (Å²) in [5.74, 6) is -2.61. The molecule has 2 N–H and O–H groups in total. The first-order chi connectivity index (χ1) is 8.11. The molecule has 0 heterocycles. The number of hydrogen-bond acceptors (Lipinski definition) is 2. The van der Waals surface area contributed by atoms with Crippen molar-refractivity contribution in [2.24, 2.45) is 5.92 Å². The molecule has 1 aliphatic rings. The van der Waals surface area contributed by atoms with Crippen LogP contribution in [0, 0.1) is 23.4 Å². The lowest BCUT2D eigenvalue weighted by Gasteiger charge is -2.17. The Labute approximate surface area is 97.5 Å². The highest BCUT2D eigenvalue weighted by Gasteiger charge is 2.24. The molecule has 1 unspecified atom stereocenters. The van der Waals surface area contributed by atoms with E-state index >= 15 is 0 Å². The van der Waals surface area contributed by atoms with Crippen molar-refractivity contribution in [1.82, 2.24) is 5.32 Å². The molecule has 0 saturated heterocycles. The molecule has 1 aromatic carbocycles. The molecule has 0 spiro atoms. The highest BCUT2D eigenvalue weighted by atomic mass is 19.2. The highest BCUT2D eigenvalue weighted by molar-refractivity contribution is 5.23. The lowest BCUT2D eigenvalue weighted by atomic mass is 10.1. The smallest absolute Gasteiger partial charge is 0.161 e. The summed E-state index contributed by atoms with van der Waals surface area (Å²) in [6.07, 6.45) is 2.23. The van der Waals surface area contributed by atoms with Crippen LogP contribution in [0.25, 0.3) is 0 Å². The Balaban J connectivity index is 2.13.